The first-order valence-corrected chi connectivity index (χ1v) is 3.47. The predicted octanol–water partition coefficient (Wildman–Crippen LogP) is 2.48. The molecule has 0 bridgehead atoms. The minimum Gasteiger partial charge on any atom is -0.410 e. The van der Waals surface area contributed by atoms with Gasteiger partial charge in [0.2, 0.25) is 0 Å². The van der Waals surface area contributed by atoms with E-state index in [4.69, 9.17) is 16.8 Å². The standard InChI is InChI=1S/C7H3ClF3NO/c8-7(12-13)5-3(9)1-2-4(10)6(5)11/h1-2,13H. The van der Waals surface area contributed by atoms with Crippen LogP contribution in [0.5, 0.6) is 0 Å². The third-order valence-corrected chi connectivity index (χ3v) is 1.60. The van der Waals surface area contributed by atoms with Crippen LogP contribution in [0.2, 0.25) is 0 Å². The summed E-state index contributed by atoms with van der Waals surface area (Å²) in [4.78, 5) is 0. The van der Waals surface area contributed by atoms with Gasteiger partial charge in [-0.25, -0.2) is 13.2 Å². The van der Waals surface area contributed by atoms with E-state index < -0.39 is 28.2 Å². The van der Waals surface area contributed by atoms with E-state index in [1.165, 1.54) is 0 Å². The fraction of sp³-hybridized carbons (Fsp3) is 0. The Morgan fingerprint density at radius 3 is 2.31 bits per heavy atom. The first-order chi connectivity index (χ1) is 6.07. The van der Waals surface area contributed by atoms with Crippen LogP contribution in [0.3, 0.4) is 0 Å². The van der Waals surface area contributed by atoms with Crippen molar-refractivity contribution in [2.24, 2.45) is 5.16 Å². The van der Waals surface area contributed by atoms with Crippen LogP contribution in [-0.4, -0.2) is 10.4 Å². The smallest absolute Gasteiger partial charge is 0.181 e. The fourth-order valence-electron chi connectivity index (χ4n) is 0.766. The molecule has 0 radical (unpaired) electrons. The van der Waals surface area contributed by atoms with Crippen molar-refractivity contribution < 1.29 is 18.4 Å². The molecule has 0 aliphatic carbocycles. The summed E-state index contributed by atoms with van der Waals surface area (Å²) in [5, 5.41) is 9.65. The second-order valence-corrected chi connectivity index (χ2v) is 2.47. The van der Waals surface area contributed by atoms with Crippen molar-refractivity contribution in [3.05, 3.63) is 35.1 Å². The summed E-state index contributed by atoms with van der Waals surface area (Å²) >= 11 is 5.13. The van der Waals surface area contributed by atoms with Crippen molar-refractivity contribution in [3.8, 4) is 0 Å². The molecule has 70 valence electrons. The Kier molecular flexibility index (Phi) is 2.77. The second kappa shape index (κ2) is 3.66. The maximum atomic E-state index is 12.8. The average Bonchev–Trinajstić information content (AvgIpc) is 2.12. The molecule has 13 heavy (non-hydrogen) atoms. The van der Waals surface area contributed by atoms with E-state index in [2.05, 4.69) is 5.16 Å². The summed E-state index contributed by atoms with van der Waals surface area (Å²) in [7, 11) is 0. The summed E-state index contributed by atoms with van der Waals surface area (Å²) in [5.74, 6) is -3.84. The Balaban J connectivity index is 3.42. The monoisotopic (exact) mass is 209 g/mol. The van der Waals surface area contributed by atoms with Gasteiger partial charge in [-0.05, 0) is 12.1 Å². The van der Waals surface area contributed by atoms with Crippen molar-refractivity contribution >= 4 is 16.8 Å². The highest BCUT2D eigenvalue weighted by Crippen LogP contribution is 2.18. The van der Waals surface area contributed by atoms with Gasteiger partial charge in [0.15, 0.2) is 16.8 Å². The molecule has 0 heterocycles. The molecule has 0 aliphatic rings. The van der Waals surface area contributed by atoms with E-state index in [1.54, 1.807) is 0 Å². The van der Waals surface area contributed by atoms with E-state index in [-0.39, 0.29) is 0 Å². The number of benzene rings is 1. The summed E-state index contributed by atoms with van der Waals surface area (Å²) in [6.45, 7) is 0. The molecule has 6 heteroatoms. The van der Waals surface area contributed by atoms with Crippen LogP contribution in [0.1, 0.15) is 5.56 Å². The lowest BCUT2D eigenvalue weighted by Gasteiger charge is -2.01. The van der Waals surface area contributed by atoms with Crippen molar-refractivity contribution in [2.75, 3.05) is 0 Å². The van der Waals surface area contributed by atoms with Crippen LogP contribution in [0.4, 0.5) is 13.2 Å². The quantitative estimate of drug-likeness (QED) is 0.328. The SMILES string of the molecule is ON=C(Cl)c1c(F)ccc(F)c1F. The van der Waals surface area contributed by atoms with Gasteiger partial charge >= 0.3 is 0 Å². The lowest BCUT2D eigenvalue weighted by Crippen LogP contribution is -2.03. The number of hydrogen-bond donors (Lipinski definition) is 1. The Labute approximate surface area is 76.2 Å². The third-order valence-electron chi connectivity index (χ3n) is 1.34. The topological polar surface area (TPSA) is 32.6 Å². The molecule has 0 aliphatic heterocycles. The minimum absolute atomic E-state index is 0.607. The molecular formula is C7H3ClF3NO. The molecule has 1 aromatic carbocycles. The van der Waals surface area contributed by atoms with Gasteiger partial charge in [0.1, 0.15) is 5.82 Å². The lowest BCUT2D eigenvalue weighted by molar-refractivity contribution is 0.320. The molecule has 0 atom stereocenters. The molecule has 1 N–H and O–H groups in total. The van der Waals surface area contributed by atoms with E-state index in [9.17, 15) is 13.2 Å². The van der Waals surface area contributed by atoms with Gasteiger partial charge in [-0.2, -0.15) is 0 Å². The summed E-state index contributed by atoms with van der Waals surface area (Å²) < 4.78 is 38.1. The Morgan fingerprint density at radius 1 is 1.23 bits per heavy atom. The van der Waals surface area contributed by atoms with Crippen molar-refractivity contribution in [1.82, 2.24) is 0 Å². The highest BCUT2D eigenvalue weighted by molar-refractivity contribution is 6.69. The van der Waals surface area contributed by atoms with Gasteiger partial charge in [0.25, 0.3) is 0 Å². The van der Waals surface area contributed by atoms with Crippen LogP contribution in [0, 0.1) is 17.5 Å². The van der Waals surface area contributed by atoms with Crippen LogP contribution < -0.4 is 0 Å². The van der Waals surface area contributed by atoms with Crippen molar-refractivity contribution in [2.45, 2.75) is 0 Å². The number of oxime groups is 1. The van der Waals surface area contributed by atoms with Gasteiger partial charge in [-0.3, -0.25) is 0 Å². The molecule has 2 nitrogen and oxygen atoms in total. The number of rotatable bonds is 1. The lowest BCUT2D eigenvalue weighted by atomic mass is 10.2. The Bertz CT molecular complexity index is 367. The summed E-state index contributed by atoms with van der Waals surface area (Å²) in [5.41, 5.74) is -0.885. The third kappa shape index (κ3) is 1.75. The Morgan fingerprint density at radius 2 is 1.77 bits per heavy atom. The van der Waals surface area contributed by atoms with Crippen LogP contribution >= 0.6 is 11.6 Å². The van der Waals surface area contributed by atoms with Crippen molar-refractivity contribution in [1.29, 1.82) is 0 Å². The Hall–Kier alpha value is -1.23. The number of nitrogens with zero attached hydrogens (tertiary/aromatic N) is 1. The number of halogens is 4. The van der Waals surface area contributed by atoms with Gasteiger partial charge in [-0.15, -0.1) is 0 Å². The number of hydrogen-bond acceptors (Lipinski definition) is 2. The zero-order valence-corrected chi connectivity index (χ0v) is 6.82. The fourth-order valence-corrected chi connectivity index (χ4v) is 0.939. The molecule has 0 spiro atoms. The molecule has 0 aromatic heterocycles. The average molecular weight is 210 g/mol. The normalized spacial score (nSPS) is 11.8. The molecule has 0 saturated heterocycles. The molecule has 0 saturated carbocycles. The highest BCUT2D eigenvalue weighted by Gasteiger charge is 2.17. The highest BCUT2D eigenvalue weighted by atomic mass is 35.5. The van der Waals surface area contributed by atoms with Crippen LogP contribution in [0.25, 0.3) is 0 Å². The molecule has 0 unspecified atom stereocenters. The van der Waals surface area contributed by atoms with Crippen LogP contribution in [0.15, 0.2) is 17.3 Å². The van der Waals surface area contributed by atoms with E-state index in [1.807, 2.05) is 0 Å². The van der Waals surface area contributed by atoms with Crippen molar-refractivity contribution in [3.63, 3.8) is 0 Å². The summed E-state index contributed by atoms with van der Waals surface area (Å²) in [6, 6.07) is 1.29. The first kappa shape index (κ1) is 9.85. The second-order valence-electron chi connectivity index (χ2n) is 2.11. The summed E-state index contributed by atoms with van der Waals surface area (Å²) in [6.07, 6.45) is 0. The largest absolute Gasteiger partial charge is 0.410 e. The molecular weight excluding hydrogens is 207 g/mol. The zero-order chi connectivity index (χ0) is 10.0. The van der Waals surface area contributed by atoms with Gasteiger partial charge in [0, 0.05) is 0 Å². The minimum atomic E-state index is -1.48. The van der Waals surface area contributed by atoms with Gasteiger partial charge < -0.3 is 5.21 Å². The molecule has 0 amide bonds. The van der Waals surface area contributed by atoms with E-state index in [0.29, 0.717) is 12.1 Å². The molecule has 1 rings (SSSR count). The van der Waals surface area contributed by atoms with Gasteiger partial charge in [-0.1, -0.05) is 16.8 Å². The van der Waals surface area contributed by atoms with E-state index >= 15 is 0 Å². The van der Waals surface area contributed by atoms with Crippen LogP contribution in [-0.2, 0) is 0 Å². The zero-order valence-electron chi connectivity index (χ0n) is 6.06. The van der Waals surface area contributed by atoms with E-state index in [0.717, 1.165) is 0 Å². The first-order valence-electron chi connectivity index (χ1n) is 3.09. The van der Waals surface area contributed by atoms with Gasteiger partial charge in [0.05, 0.1) is 5.56 Å². The molecule has 0 fully saturated rings. The molecule has 1 aromatic rings. The maximum absolute atomic E-state index is 12.8. The maximum Gasteiger partial charge on any atom is 0.181 e. The predicted molar refractivity (Wildman–Crippen MR) is 40.5 cm³/mol.